The van der Waals surface area contributed by atoms with Crippen molar-refractivity contribution in [3.05, 3.63) is 0 Å². The van der Waals surface area contributed by atoms with Crippen molar-refractivity contribution < 1.29 is 14.3 Å². The van der Waals surface area contributed by atoms with Gasteiger partial charge in [-0.1, -0.05) is 0 Å². The lowest BCUT2D eigenvalue weighted by molar-refractivity contribution is -0.148. The van der Waals surface area contributed by atoms with Crippen molar-refractivity contribution in [2.75, 3.05) is 26.4 Å². The Labute approximate surface area is 78.0 Å². The zero-order chi connectivity index (χ0) is 8.10. The second-order valence-electron chi connectivity index (χ2n) is 2.33. The highest BCUT2D eigenvalue weighted by Crippen LogP contribution is 1.95. The maximum atomic E-state index is 11.0. The van der Waals surface area contributed by atoms with Crippen molar-refractivity contribution in [2.45, 2.75) is 13.0 Å². The second kappa shape index (κ2) is 6.22. The molecule has 1 fully saturated rings. The molecule has 1 aliphatic heterocycles. The van der Waals surface area contributed by atoms with Gasteiger partial charge in [-0.2, -0.15) is 0 Å². The molecule has 0 bridgehead atoms. The van der Waals surface area contributed by atoms with E-state index in [-0.39, 0.29) is 24.4 Å². The Kier molecular flexibility index (Phi) is 6.06. The molecule has 1 saturated heterocycles. The van der Waals surface area contributed by atoms with Gasteiger partial charge >= 0.3 is 5.97 Å². The Morgan fingerprint density at radius 3 is 3.00 bits per heavy atom. The fourth-order valence-electron chi connectivity index (χ4n) is 0.960. The topological polar surface area (TPSA) is 47.6 Å². The third-order valence-corrected chi connectivity index (χ3v) is 1.49. The monoisotopic (exact) mass is 195 g/mol. The third kappa shape index (κ3) is 3.38. The van der Waals surface area contributed by atoms with Gasteiger partial charge < -0.3 is 14.8 Å². The van der Waals surface area contributed by atoms with Crippen LogP contribution in [0.3, 0.4) is 0 Å². The van der Waals surface area contributed by atoms with Gasteiger partial charge in [-0.05, 0) is 6.92 Å². The highest BCUT2D eigenvalue weighted by atomic mass is 35.5. The first-order valence-electron chi connectivity index (χ1n) is 3.82. The number of hydrogen-bond donors (Lipinski definition) is 1. The predicted octanol–water partition coefficient (Wildman–Crippen LogP) is -0.0403. The summed E-state index contributed by atoms with van der Waals surface area (Å²) >= 11 is 0. The first-order valence-corrected chi connectivity index (χ1v) is 3.82. The molecule has 0 aromatic rings. The van der Waals surface area contributed by atoms with Crippen molar-refractivity contribution in [3.8, 4) is 0 Å². The molecule has 4 nitrogen and oxygen atoms in total. The second-order valence-corrected chi connectivity index (χ2v) is 2.33. The first kappa shape index (κ1) is 11.7. The SMILES string of the molecule is CCOC(=O)[C@@H]1COCCN1.Cl. The molecule has 1 N–H and O–H groups in total. The fourth-order valence-corrected chi connectivity index (χ4v) is 0.960. The van der Waals surface area contributed by atoms with Crippen LogP contribution in [-0.4, -0.2) is 38.4 Å². The quantitative estimate of drug-likeness (QED) is 0.629. The van der Waals surface area contributed by atoms with Crippen LogP contribution in [-0.2, 0) is 14.3 Å². The predicted molar refractivity (Wildman–Crippen MR) is 46.5 cm³/mol. The lowest BCUT2D eigenvalue weighted by Gasteiger charge is -2.21. The summed E-state index contributed by atoms with van der Waals surface area (Å²) in [6, 6.07) is -0.260. The van der Waals surface area contributed by atoms with Gasteiger partial charge in [0.1, 0.15) is 6.04 Å². The Morgan fingerprint density at radius 1 is 1.75 bits per heavy atom. The Bertz CT molecular complexity index is 137. The summed E-state index contributed by atoms with van der Waals surface area (Å²) in [5, 5.41) is 3.00. The molecule has 1 heterocycles. The standard InChI is InChI=1S/C7H13NO3.ClH/c1-2-11-7(9)6-5-10-4-3-8-6;/h6,8H,2-5H2,1H3;1H/t6-;/m0./s1. The highest BCUT2D eigenvalue weighted by molar-refractivity contribution is 5.85. The van der Waals surface area contributed by atoms with Crippen LogP contribution in [0.1, 0.15) is 6.92 Å². The van der Waals surface area contributed by atoms with Gasteiger partial charge in [-0.15, -0.1) is 12.4 Å². The van der Waals surface area contributed by atoms with E-state index in [1.165, 1.54) is 0 Å². The number of carbonyl (C=O) groups is 1. The van der Waals surface area contributed by atoms with Crippen molar-refractivity contribution in [2.24, 2.45) is 0 Å². The van der Waals surface area contributed by atoms with Gasteiger partial charge in [0.15, 0.2) is 0 Å². The van der Waals surface area contributed by atoms with E-state index < -0.39 is 0 Å². The lowest BCUT2D eigenvalue weighted by atomic mass is 10.3. The van der Waals surface area contributed by atoms with Gasteiger partial charge in [0.25, 0.3) is 0 Å². The van der Waals surface area contributed by atoms with Crippen molar-refractivity contribution in [1.82, 2.24) is 5.32 Å². The summed E-state index contributed by atoms with van der Waals surface area (Å²) < 4.78 is 9.89. The summed E-state index contributed by atoms with van der Waals surface area (Å²) in [6.07, 6.45) is 0. The molecule has 0 aromatic carbocycles. The van der Waals surface area contributed by atoms with Gasteiger partial charge in [-0.3, -0.25) is 4.79 Å². The summed E-state index contributed by atoms with van der Waals surface area (Å²) in [5.74, 6) is -0.216. The smallest absolute Gasteiger partial charge is 0.325 e. The molecule has 0 aliphatic carbocycles. The number of halogens is 1. The van der Waals surface area contributed by atoms with Crippen LogP contribution in [0.4, 0.5) is 0 Å². The number of esters is 1. The summed E-state index contributed by atoms with van der Waals surface area (Å²) in [4.78, 5) is 11.0. The lowest BCUT2D eigenvalue weighted by Crippen LogP contribution is -2.47. The number of nitrogens with one attached hydrogen (secondary N) is 1. The molecule has 0 saturated carbocycles. The number of rotatable bonds is 2. The van der Waals surface area contributed by atoms with Gasteiger partial charge in [0.2, 0.25) is 0 Å². The molecule has 0 aromatic heterocycles. The fraction of sp³-hybridized carbons (Fsp3) is 0.857. The van der Waals surface area contributed by atoms with Gasteiger partial charge in [-0.25, -0.2) is 0 Å². The molecule has 72 valence electrons. The van der Waals surface area contributed by atoms with Crippen LogP contribution in [0, 0.1) is 0 Å². The molecule has 1 rings (SSSR count). The van der Waals surface area contributed by atoms with Gasteiger partial charge in [0.05, 0.1) is 19.8 Å². The minimum absolute atomic E-state index is 0. The van der Waals surface area contributed by atoms with Crippen LogP contribution >= 0.6 is 12.4 Å². The largest absolute Gasteiger partial charge is 0.465 e. The molecule has 0 amide bonds. The van der Waals surface area contributed by atoms with Crippen LogP contribution in [0.25, 0.3) is 0 Å². The first-order chi connectivity index (χ1) is 5.34. The van der Waals surface area contributed by atoms with E-state index in [1.54, 1.807) is 6.92 Å². The molecule has 1 aliphatic rings. The summed E-state index contributed by atoms with van der Waals surface area (Å²) in [5.41, 5.74) is 0. The maximum Gasteiger partial charge on any atom is 0.325 e. The summed E-state index contributed by atoms with van der Waals surface area (Å²) in [7, 11) is 0. The van der Waals surface area contributed by atoms with Crippen LogP contribution in [0.15, 0.2) is 0 Å². The average molecular weight is 196 g/mol. The average Bonchev–Trinajstić information content (AvgIpc) is 2.07. The van der Waals surface area contributed by atoms with Crippen molar-refractivity contribution >= 4 is 18.4 Å². The van der Waals surface area contributed by atoms with Crippen molar-refractivity contribution in [1.29, 1.82) is 0 Å². The molecular formula is C7H14ClNO3. The van der Waals surface area contributed by atoms with Crippen molar-refractivity contribution in [3.63, 3.8) is 0 Å². The van der Waals surface area contributed by atoms with Gasteiger partial charge in [0, 0.05) is 6.54 Å². The number of carbonyl (C=O) groups excluding carboxylic acids is 1. The van der Waals surface area contributed by atoms with E-state index in [1.807, 2.05) is 0 Å². The molecule has 1 atom stereocenters. The minimum atomic E-state index is -0.260. The van der Waals surface area contributed by atoms with Crippen LogP contribution in [0.5, 0.6) is 0 Å². The Balaban J connectivity index is 0.00000121. The van der Waals surface area contributed by atoms with E-state index in [0.29, 0.717) is 19.8 Å². The van der Waals surface area contributed by atoms with E-state index in [0.717, 1.165) is 6.54 Å². The highest BCUT2D eigenvalue weighted by Gasteiger charge is 2.21. The van der Waals surface area contributed by atoms with Crippen LogP contribution < -0.4 is 5.32 Å². The van der Waals surface area contributed by atoms with E-state index >= 15 is 0 Å². The van der Waals surface area contributed by atoms with Crippen LogP contribution in [0.2, 0.25) is 0 Å². The zero-order valence-electron chi connectivity index (χ0n) is 7.04. The number of ether oxygens (including phenoxy) is 2. The Hall–Kier alpha value is -0.320. The zero-order valence-corrected chi connectivity index (χ0v) is 7.86. The van der Waals surface area contributed by atoms with E-state index in [2.05, 4.69) is 5.32 Å². The third-order valence-electron chi connectivity index (χ3n) is 1.49. The minimum Gasteiger partial charge on any atom is -0.465 e. The summed E-state index contributed by atoms with van der Waals surface area (Å²) in [6.45, 7) is 4.05. The molecule has 5 heteroatoms. The number of morpholine rings is 1. The molecular weight excluding hydrogens is 182 g/mol. The number of hydrogen-bond acceptors (Lipinski definition) is 4. The molecule has 0 spiro atoms. The van der Waals surface area contributed by atoms with E-state index in [4.69, 9.17) is 9.47 Å². The molecule has 0 radical (unpaired) electrons. The Morgan fingerprint density at radius 2 is 2.50 bits per heavy atom. The van der Waals surface area contributed by atoms with E-state index in [9.17, 15) is 4.79 Å². The molecule has 12 heavy (non-hydrogen) atoms. The normalized spacial score (nSPS) is 22.6. The molecule has 0 unspecified atom stereocenters. The maximum absolute atomic E-state index is 11.0.